The molecule has 152 valence electrons. The lowest BCUT2D eigenvalue weighted by atomic mass is 10.1. The molecule has 1 aromatic carbocycles. The topological polar surface area (TPSA) is 97.1 Å². The molecule has 1 aliphatic heterocycles. The molecule has 0 aromatic heterocycles. The van der Waals surface area contributed by atoms with Crippen LogP contribution in [0.4, 0.5) is 16.2 Å². The van der Waals surface area contributed by atoms with Crippen LogP contribution in [0.3, 0.4) is 0 Å². The van der Waals surface area contributed by atoms with Crippen molar-refractivity contribution in [3.8, 4) is 5.75 Å². The molecule has 1 aromatic rings. The highest BCUT2D eigenvalue weighted by atomic mass is 28.4. The summed E-state index contributed by atoms with van der Waals surface area (Å²) in [5.41, 5.74) is 6.63. The smallest absolute Gasteiger partial charge is 0.412 e. The van der Waals surface area contributed by atoms with E-state index in [1.54, 1.807) is 12.1 Å². The lowest BCUT2D eigenvalue weighted by Crippen LogP contribution is -2.49. The first-order valence-corrected chi connectivity index (χ1v) is 12.1. The maximum atomic E-state index is 11.8. The van der Waals surface area contributed by atoms with Crippen LogP contribution in [0.15, 0.2) is 18.2 Å². The molecule has 0 saturated heterocycles. The summed E-state index contributed by atoms with van der Waals surface area (Å²) in [5.74, 6) is 0.535. The zero-order valence-electron chi connectivity index (χ0n) is 17.4. The molecule has 1 atom stereocenters. The zero-order chi connectivity index (χ0) is 20.6. The van der Waals surface area contributed by atoms with Crippen molar-refractivity contribution in [3.63, 3.8) is 0 Å². The second-order valence-corrected chi connectivity index (χ2v) is 14.0. The van der Waals surface area contributed by atoms with Crippen LogP contribution in [-0.2, 0) is 4.43 Å². The van der Waals surface area contributed by atoms with Gasteiger partial charge in [0.1, 0.15) is 11.9 Å². The van der Waals surface area contributed by atoms with Gasteiger partial charge in [-0.2, -0.15) is 0 Å². The van der Waals surface area contributed by atoms with E-state index in [0.29, 0.717) is 18.0 Å². The molecule has 27 heavy (non-hydrogen) atoms. The Labute approximate surface area is 163 Å². The fourth-order valence-electron chi connectivity index (χ4n) is 2.58. The molecule has 0 fully saturated rings. The van der Waals surface area contributed by atoms with Crippen molar-refractivity contribution >= 4 is 25.8 Å². The summed E-state index contributed by atoms with van der Waals surface area (Å²) < 4.78 is 12.3. The molecular formula is C19H33N3O4Si. The quantitative estimate of drug-likeness (QED) is 0.514. The van der Waals surface area contributed by atoms with Gasteiger partial charge in [0.2, 0.25) is 0 Å². The predicted molar refractivity (Wildman–Crippen MR) is 111 cm³/mol. The minimum atomic E-state index is -1.94. The molecule has 1 heterocycles. The van der Waals surface area contributed by atoms with E-state index in [4.69, 9.17) is 14.9 Å². The van der Waals surface area contributed by atoms with E-state index in [1.807, 2.05) is 19.9 Å². The number of carboxylic acid groups (broad SMARTS) is 1. The van der Waals surface area contributed by atoms with Crippen LogP contribution in [-0.4, -0.2) is 44.4 Å². The number of hydrogen-bond donors (Lipinski definition) is 3. The third-order valence-corrected chi connectivity index (χ3v) is 9.56. The van der Waals surface area contributed by atoms with Gasteiger partial charge in [0, 0.05) is 5.69 Å². The largest absolute Gasteiger partial charge is 0.484 e. The highest BCUT2D eigenvalue weighted by molar-refractivity contribution is 6.74. The summed E-state index contributed by atoms with van der Waals surface area (Å²) in [5, 5.41) is 12.9. The van der Waals surface area contributed by atoms with Crippen molar-refractivity contribution in [1.82, 2.24) is 0 Å². The van der Waals surface area contributed by atoms with Gasteiger partial charge in [-0.05, 0) is 50.2 Å². The number of anilines is 2. The first-order chi connectivity index (χ1) is 12.2. The Morgan fingerprint density at radius 3 is 2.52 bits per heavy atom. The SMILES string of the molecule is CC(C)(N)Nc1ccc2c(c1)N(C(=O)O)C[C@@H](CO[Si](C)(C)C(C)(C)C)O2. The molecule has 0 unspecified atom stereocenters. The maximum Gasteiger partial charge on any atom is 0.412 e. The molecule has 4 N–H and O–H groups in total. The summed E-state index contributed by atoms with van der Waals surface area (Å²) in [6.45, 7) is 15.1. The van der Waals surface area contributed by atoms with Gasteiger partial charge in [-0.25, -0.2) is 4.79 Å². The van der Waals surface area contributed by atoms with Crippen LogP contribution in [0.2, 0.25) is 18.1 Å². The average molecular weight is 396 g/mol. The number of benzene rings is 1. The predicted octanol–water partition coefficient (Wildman–Crippen LogP) is 4.06. The van der Waals surface area contributed by atoms with E-state index >= 15 is 0 Å². The van der Waals surface area contributed by atoms with Crippen LogP contribution >= 0.6 is 0 Å². The number of rotatable bonds is 5. The Kier molecular flexibility index (Phi) is 5.84. The normalized spacial score (nSPS) is 17.9. The van der Waals surface area contributed by atoms with Gasteiger partial charge in [-0.1, -0.05) is 20.8 Å². The van der Waals surface area contributed by atoms with Crippen LogP contribution in [0.1, 0.15) is 34.6 Å². The Balaban J connectivity index is 2.20. The number of ether oxygens (including phenoxy) is 1. The van der Waals surface area contributed by atoms with E-state index in [1.165, 1.54) is 4.90 Å². The second kappa shape index (κ2) is 7.33. The summed E-state index contributed by atoms with van der Waals surface area (Å²) in [6, 6.07) is 5.37. The van der Waals surface area contributed by atoms with Crippen molar-refractivity contribution < 1.29 is 19.1 Å². The summed E-state index contributed by atoms with van der Waals surface area (Å²) >= 11 is 0. The van der Waals surface area contributed by atoms with Gasteiger partial charge in [-0.15, -0.1) is 0 Å². The monoisotopic (exact) mass is 395 g/mol. The van der Waals surface area contributed by atoms with Crippen LogP contribution < -0.4 is 20.7 Å². The molecule has 2 rings (SSSR count). The van der Waals surface area contributed by atoms with Crippen molar-refractivity contribution in [2.24, 2.45) is 5.73 Å². The second-order valence-electron chi connectivity index (χ2n) is 9.23. The first kappa shape index (κ1) is 21.5. The Bertz CT molecular complexity index is 695. The van der Waals surface area contributed by atoms with Crippen molar-refractivity contribution in [3.05, 3.63) is 18.2 Å². The Hall–Kier alpha value is -1.77. The Morgan fingerprint density at radius 2 is 2.00 bits per heavy atom. The average Bonchev–Trinajstić information content (AvgIpc) is 2.49. The van der Waals surface area contributed by atoms with Gasteiger partial charge in [-0.3, -0.25) is 4.90 Å². The molecule has 8 heteroatoms. The first-order valence-electron chi connectivity index (χ1n) is 9.22. The lowest BCUT2D eigenvalue weighted by molar-refractivity contribution is 0.114. The Morgan fingerprint density at radius 1 is 1.37 bits per heavy atom. The summed E-state index contributed by atoms with van der Waals surface area (Å²) in [4.78, 5) is 13.1. The van der Waals surface area contributed by atoms with Gasteiger partial charge < -0.3 is 25.3 Å². The van der Waals surface area contributed by atoms with Crippen molar-refractivity contribution in [2.75, 3.05) is 23.4 Å². The molecule has 0 spiro atoms. The number of nitrogens with one attached hydrogen (secondary N) is 1. The van der Waals surface area contributed by atoms with E-state index in [-0.39, 0.29) is 17.7 Å². The zero-order valence-corrected chi connectivity index (χ0v) is 18.4. The molecule has 1 amide bonds. The van der Waals surface area contributed by atoms with E-state index in [2.05, 4.69) is 39.2 Å². The maximum absolute atomic E-state index is 11.8. The van der Waals surface area contributed by atoms with Gasteiger partial charge in [0.25, 0.3) is 0 Å². The third kappa shape index (κ3) is 5.37. The highest BCUT2D eigenvalue weighted by Crippen LogP contribution is 2.39. The van der Waals surface area contributed by atoms with Gasteiger partial charge >= 0.3 is 6.09 Å². The van der Waals surface area contributed by atoms with E-state index in [0.717, 1.165) is 5.69 Å². The van der Waals surface area contributed by atoms with Crippen molar-refractivity contribution in [1.29, 1.82) is 0 Å². The standard InChI is InChI=1S/C19H33N3O4Si/c1-18(2,3)27(6,7)25-12-14-11-22(17(23)24)15-10-13(21-19(4,5)20)8-9-16(15)26-14/h8-10,14,21H,11-12,20H2,1-7H3,(H,23,24)/t14-/m0/s1. The molecule has 0 bridgehead atoms. The lowest BCUT2D eigenvalue weighted by Gasteiger charge is -2.39. The number of nitrogens with two attached hydrogens (primary N) is 1. The van der Waals surface area contributed by atoms with E-state index in [9.17, 15) is 9.90 Å². The molecule has 0 aliphatic carbocycles. The third-order valence-electron chi connectivity index (χ3n) is 5.06. The number of fused-ring (bicyclic) bond motifs is 1. The molecular weight excluding hydrogens is 362 g/mol. The number of amides is 1. The fraction of sp³-hybridized carbons (Fsp3) is 0.632. The van der Waals surface area contributed by atoms with Crippen LogP contribution in [0, 0.1) is 0 Å². The minimum Gasteiger partial charge on any atom is -0.484 e. The van der Waals surface area contributed by atoms with E-state index < -0.39 is 20.1 Å². The highest BCUT2D eigenvalue weighted by Gasteiger charge is 2.39. The van der Waals surface area contributed by atoms with Crippen molar-refractivity contribution in [2.45, 2.75) is 64.5 Å². The number of hydrogen-bond acceptors (Lipinski definition) is 5. The van der Waals surface area contributed by atoms with Gasteiger partial charge in [0.05, 0.1) is 24.5 Å². The van der Waals surface area contributed by atoms with Crippen LogP contribution in [0.5, 0.6) is 5.75 Å². The summed E-state index contributed by atoms with van der Waals surface area (Å²) in [6.07, 6.45) is -1.35. The molecule has 0 radical (unpaired) electrons. The van der Waals surface area contributed by atoms with Crippen LogP contribution in [0.25, 0.3) is 0 Å². The van der Waals surface area contributed by atoms with Gasteiger partial charge in [0.15, 0.2) is 8.32 Å². The molecule has 0 saturated carbocycles. The number of carbonyl (C=O) groups is 1. The molecule has 7 nitrogen and oxygen atoms in total. The minimum absolute atomic E-state index is 0.0850. The fourth-order valence-corrected chi connectivity index (χ4v) is 3.62. The number of nitrogens with zero attached hydrogens (tertiary/aromatic N) is 1. The molecule has 1 aliphatic rings. The summed E-state index contributed by atoms with van der Waals surface area (Å²) in [7, 11) is -1.94.